The number of hydrogen-bond acceptors (Lipinski definition) is 5. The van der Waals surface area contributed by atoms with Crippen molar-refractivity contribution in [3.8, 4) is 11.5 Å². The van der Waals surface area contributed by atoms with E-state index in [1.165, 1.54) is 0 Å². The van der Waals surface area contributed by atoms with Gasteiger partial charge in [-0.25, -0.2) is 0 Å². The summed E-state index contributed by atoms with van der Waals surface area (Å²) in [7, 11) is 0. The Hall–Kier alpha value is -3.09. The monoisotopic (exact) mass is 329 g/mol. The number of carbonyl (C=O) groups excluding carboxylic acids is 1. The minimum absolute atomic E-state index is 0.0878. The zero-order valence-electron chi connectivity index (χ0n) is 13.4. The summed E-state index contributed by atoms with van der Waals surface area (Å²) in [6.45, 7) is 3.48. The van der Waals surface area contributed by atoms with Gasteiger partial charge in [0.05, 0.1) is 4.92 Å². The van der Waals surface area contributed by atoms with Crippen LogP contribution < -0.4 is 15.2 Å². The quantitative estimate of drug-likeness (QED) is 0.644. The van der Waals surface area contributed by atoms with Gasteiger partial charge in [0, 0.05) is 18.7 Å². The lowest BCUT2D eigenvalue weighted by molar-refractivity contribution is -0.385. The number of rotatable bonds is 6. The zero-order chi connectivity index (χ0) is 17.7. The Morgan fingerprint density at radius 1 is 1.21 bits per heavy atom. The molecule has 0 saturated heterocycles. The van der Waals surface area contributed by atoms with Crippen molar-refractivity contribution in [2.75, 3.05) is 6.61 Å². The smallest absolute Gasteiger partial charge is 0.269 e. The Kier molecular flexibility index (Phi) is 5.36. The number of amides is 1. The normalized spacial score (nSPS) is 10.2. The molecule has 7 nitrogen and oxygen atoms in total. The highest BCUT2D eigenvalue weighted by molar-refractivity contribution is 5.77. The fourth-order valence-electron chi connectivity index (χ4n) is 2.23. The van der Waals surface area contributed by atoms with Crippen LogP contribution in [-0.2, 0) is 11.3 Å². The van der Waals surface area contributed by atoms with Crippen molar-refractivity contribution >= 4 is 11.6 Å². The van der Waals surface area contributed by atoms with E-state index in [2.05, 4.69) is 5.32 Å². The molecule has 0 spiro atoms. The number of carbonyl (C=O) groups is 1. The van der Waals surface area contributed by atoms with Gasteiger partial charge in [-0.2, -0.15) is 0 Å². The standard InChI is InChI=1S/C17H18N2O5/c1-11-4-3-5-12(2)17(11)24-10-16(21)18-9-13-8-14(19(22)23)6-7-15(13)20/h3-8,20H,9-10H2,1-2H3,(H,18,21)/p-1. The van der Waals surface area contributed by atoms with E-state index in [1.807, 2.05) is 32.0 Å². The fraction of sp³-hybridized carbons (Fsp3) is 0.235. The summed E-state index contributed by atoms with van der Waals surface area (Å²) < 4.78 is 5.51. The molecule has 0 heterocycles. The lowest BCUT2D eigenvalue weighted by Crippen LogP contribution is -2.29. The Labute approximate surface area is 139 Å². The third-order valence-electron chi connectivity index (χ3n) is 3.49. The number of benzene rings is 2. The number of nitro groups is 1. The molecule has 1 N–H and O–H groups in total. The zero-order valence-corrected chi connectivity index (χ0v) is 13.4. The number of nitrogens with one attached hydrogen (secondary N) is 1. The van der Waals surface area contributed by atoms with E-state index in [9.17, 15) is 20.0 Å². The molecule has 0 radical (unpaired) electrons. The summed E-state index contributed by atoms with van der Waals surface area (Å²) >= 11 is 0. The van der Waals surface area contributed by atoms with Gasteiger partial charge in [-0.05, 0) is 30.5 Å². The summed E-state index contributed by atoms with van der Waals surface area (Å²) in [5, 5.41) is 24.9. The molecule has 126 valence electrons. The van der Waals surface area contributed by atoms with Crippen LogP contribution in [0.5, 0.6) is 11.5 Å². The Morgan fingerprint density at radius 3 is 2.50 bits per heavy atom. The first kappa shape index (κ1) is 17.3. The Balaban J connectivity index is 1.94. The largest absolute Gasteiger partial charge is 0.872 e. The lowest BCUT2D eigenvalue weighted by Gasteiger charge is -2.15. The van der Waals surface area contributed by atoms with Crippen molar-refractivity contribution in [2.45, 2.75) is 20.4 Å². The van der Waals surface area contributed by atoms with Gasteiger partial charge in [-0.1, -0.05) is 24.3 Å². The summed E-state index contributed by atoms with van der Waals surface area (Å²) in [5.74, 6) is -0.132. The second kappa shape index (κ2) is 7.45. The number of para-hydroxylation sites is 1. The van der Waals surface area contributed by atoms with Crippen LogP contribution in [0.3, 0.4) is 0 Å². The molecule has 24 heavy (non-hydrogen) atoms. The first-order valence-corrected chi connectivity index (χ1v) is 7.28. The predicted octanol–water partition coefficient (Wildman–Crippen LogP) is 1.98. The molecule has 0 fully saturated rings. The van der Waals surface area contributed by atoms with Crippen LogP contribution in [0, 0.1) is 24.0 Å². The molecule has 0 unspecified atom stereocenters. The molecule has 1 amide bonds. The van der Waals surface area contributed by atoms with Crippen molar-refractivity contribution in [1.29, 1.82) is 0 Å². The maximum atomic E-state index is 11.9. The van der Waals surface area contributed by atoms with E-state index in [4.69, 9.17) is 4.74 Å². The first-order chi connectivity index (χ1) is 11.4. The van der Waals surface area contributed by atoms with E-state index in [0.29, 0.717) is 5.75 Å². The highest BCUT2D eigenvalue weighted by atomic mass is 16.6. The molecule has 0 aliphatic carbocycles. The van der Waals surface area contributed by atoms with Crippen molar-refractivity contribution in [1.82, 2.24) is 5.32 Å². The molecule has 0 saturated carbocycles. The van der Waals surface area contributed by atoms with Crippen molar-refractivity contribution < 1.29 is 19.6 Å². The minimum Gasteiger partial charge on any atom is -0.872 e. The molecule has 7 heteroatoms. The number of ether oxygens (including phenoxy) is 1. The lowest BCUT2D eigenvalue weighted by atomic mass is 10.1. The third-order valence-corrected chi connectivity index (χ3v) is 3.49. The molecule has 2 aromatic rings. The van der Waals surface area contributed by atoms with Crippen LogP contribution in [0.15, 0.2) is 36.4 Å². The van der Waals surface area contributed by atoms with Crippen LogP contribution in [0.1, 0.15) is 16.7 Å². The van der Waals surface area contributed by atoms with Gasteiger partial charge in [0.15, 0.2) is 6.61 Å². The SMILES string of the molecule is Cc1cccc(C)c1OCC(=O)NCc1cc([N+](=O)[O-])ccc1[O-]. The summed E-state index contributed by atoms with van der Waals surface area (Å²) in [4.78, 5) is 22.0. The van der Waals surface area contributed by atoms with E-state index < -0.39 is 10.8 Å². The van der Waals surface area contributed by atoms with Crippen LogP contribution >= 0.6 is 0 Å². The van der Waals surface area contributed by atoms with Gasteiger partial charge in [-0.15, -0.1) is 5.75 Å². The molecule has 0 aromatic heterocycles. The van der Waals surface area contributed by atoms with Gasteiger partial charge in [-0.3, -0.25) is 14.9 Å². The van der Waals surface area contributed by atoms with E-state index in [1.54, 1.807) is 0 Å². The average Bonchev–Trinajstić information content (AvgIpc) is 2.53. The molecule has 0 atom stereocenters. The van der Waals surface area contributed by atoms with Gasteiger partial charge < -0.3 is 15.2 Å². The van der Waals surface area contributed by atoms with E-state index in [-0.39, 0.29) is 30.2 Å². The minimum atomic E-state index is -0.588. The molecular formula is C17H17N2O5-. The number of nitro benzene ring substituents is 1. The van der Waals surface area contributed by atoms with E-state index in [0.717, 1.165) is 29.3 Å². The number of non-ortho nitro benzene ring substituents is 1. The Morgan fingerprint density at radius 2 is 1.88 bits per heavy atom. The topological polar surface area (TPSA) is 105 Å². The number of nitrogens with zero attached hydrogens (tertiary/aromatic N) is 1. The summed E-state index contributed by atoms with van der Waals surface area (Å²) in [6, 6.07) is 9.08. The molecule has 0 aliphatic heterocycles. The van der Waals surface area contributed by atoms with Crippen molar-refractivity contribution in [3.63, 3.8) is 0 Å². The van der Waals surface area contributed by atoms with Gasteiger partial charge >= 0.3 is 0 Å². The molecule has 2 rings (SSSR count). The van der Waals surface area contributed by atoms with Crippen LogP contribution in [0.4, 0.5) is 5.69 Å². The molecule has 0 aliphatic rings. The number of hydrogen-bond donors (Lipinski definition) is 1. The summed E-state index contributed by atoms with van der Waals surface area (Å²) in [5.41, 5.74) is 1.81. The first-order valence-electron chi connectivity index (χ1n) is 7.28. The molecule has 0 bridgehead atoms. The van der Waals surface area contributed by atoms with Gasteiger partial charge in [0.1, 0.15) is 5.75 Å². The average molecular weight is 329 g/mol. The Bertz CT molecular complexity index is 753. The van der Waals surface area contributed by atoms with Crippen LogP contribution in [-0.4, -0.2) is 17.4 Å². The second-order valence-electron chi connectivity index (χ2n) is 5.34. The fourth-order valence-corrected chi connectivity index (χ4v) is 2.23. The van der Waals surface area contributed by atoms with Gasteiger partial charge in [0.2, 0.25) is 0 Å². The molecular weight excluding hydrogens is 312 g/mol. The maximum Gasteiger partial charge on any atom is 0.269 e. The van der Waals surface area contributed by atoms with Crippen LogP contribution in [0.25, 0.3) is 0 Å². The summed E-state index contributed by atoms with van der Waals surface area (Å²) in [6.07, 6.45) is 0. The second-order valence-corrected chi connectivity index (χ2v) is 5.34. The highest BCUT2D eigenvalue weighted by Crippen LogP contribution is 2.22. The van der Waals surface area contributed by atoms with Crippen molar-refractivity contribution in [3.05, 3.63) is 63.2 Å². The van der Waals surface area contributed by atoms with E-state index >= 15 is 0 Å². The highest BCUT2D eigenvalue weighted by Gasteiger charge is 2.10. The maximum absolute atomic E-state index is 11.9. The van der Waals surface area contributed by atoms with Crippen molar-refractivity contribution in [2.24, 2.45) is 0 Å². The van der Waals surface area contributed by atoms with Gasteiger partial charge in [0.25, 0.3) is 11.6 Å². The third kappa shape index (κ3) is 4.22. The number of aryl methyl sites for hydroxylation is 2. The predicted molar refractivity (Wildman–Crippen MR) is 85.8 cm³/mol. The van der Waals surface area contributed by atoms with Crippen LogP contribution in [0.2, 0.25) is 0 Å². The molecule has 2 aromatic carbocycles.